The van der Waals surface area contributed by atoms with Gasteiger partial charge >= 0.3 is 5.97 Å². The van der Waals surface area contributed by atoms with Crippen molar-refractivity contribution in [3.8, 4) is 11.1 Å². The lowest BCUT2D eigenvalue weighted by atomic mass is 9.87. The Morgan fingerprint density at radius 3 is 2.66 bits per heavy atom. The van der Waals surface area contributed by atoms with Gasteiger partial charge in [-0.25, -0.2) is 4.79 Å². The molecule has 0 fully saturated rings. The Morgan fingerprint density at radius 1 is 1.22 bits per heavy atom. The third-order valence-electron chi connectivity index (χ3n) is 5.76. The third-order valence-corrected chi connectivity index (χ3v) is 6.15. The van der Waals surface area contributed by atoms with E-state index in [9.17, 15) is 9.90 Å². The van der Waals surface area contributed by atoms with Gasteiger partial charge < -0.3 is 15.2 Å². The molecule has 0 radical (unpaired) electrons. The minimum absolute atomic E-state index is 0.607. The second-order valence-electron chi connectivity index (χ2n) is 9.44. The number of pyridine rings is 1. The Labute approximate surface area is 193 Å². The molecule has 2 heterocycles. The topological polar surface area (TPSA) is 71.5 Å². The van der Waals surface area contributed by atoms with Crippen molar-refractivity contribution in [2.45, 2.75) is 59.2 Å². The fraction of sp³-hybridized carbons (Fsp3) is 0.385. The number of aryl methyl sites for hydroxylation is 3. The number of hydrogen-bond donors (Lipinski definition) is 2. The van der Waals surface area contributed by atoms with Crippen LogP contribution >= 0.6 is 11.6 Å². The van der Waals surface area contributed by atoms with Gasteiger partial charge in [0.1, 0.15) is 0 Å². The number of nitrogens with zero attached hydrogens (tertiary/aromatic N) is 1. The molecule has 0 saturated heterocycles. The fourth-order valence-electron chi connectivity index (χ4n) is 4.44. The maximum atomic E-state index is 12.4. The van der Waals surface area contributed by atoms with Gasteiger partial charge in [-0.1, -0.05) is 29.8 Å². The Bertz CT molecular complexity index is 1210. The van der Waals surface area contributed by atoms with Gasteiger partial charge in [0.25, 0.3) is 0 Å². The van der Waals surface area contributed by atoms with E-state index in [1.807, 2.05) is 58.9 Å². The number of hydrogen-bond acceptors (Lipinski definition) is 4. The van der Waals surface area contributed by atoms with Gasteiger partial charge in [-0.15, -0.1) is 0 Å². The molecule has 168 valence electrons. The molecule has 2 aromatic carbocycles. The number of aliphatic carboxylic acids is 1. The molecular formula is C26H29ClN2O3. The van der Waals surface area contributed by atoms with Crippen LogP contribution in [0, 0.1) is 13.8 Å². The normalized spacial score (nSPS) is 14.7. The summed E-state index contributed by atoms with van der Waals surface area (Å²) in [6.07, 6.45) is 0.885. The zero-order chi connectivity index (χ0) is 23.2. The molecule has 32 heavy (non-hydrogen) atoms. The highest BCUT2D eigenvalue weighted by molar-refractivity contribution is 6.36. The Kier molecular flexibility index (Phi) is 5.91. The minimum atomic E-state index is -1.14. The average Bonchev–Trinajstić information content (AvgIpc) is 2.71. The SMILES string of the molecule is Cc1ccc2c(-c3ccc4c(c3Cl)NCCC4)c([C@H](OC(C)(C)C)C(=O)O)c(C)cc2n1. The molecule has 0 spiro atoms. The van der Waals surface area contributed by atoms with Crippen molar-refractivity contribution in [3.63, 3.8) is 0 Å². The number of carboxylic acid groups (broad SMARTS) is 1. The second-order valence-corrected chi connectivity index (χ2v) is 9.82. The van der Waals surface area contributed by atoms with Crippen LogP contribution in [0.4, 0.5) is 5.69 Å². The summed E-state index contributed by atoms with van der Waals surface area (Å²) < 4.78 is 6.07. The molecule has 3 aromatic rings. The Hall–Kier alpha value is -2.63. The lowest BCUT2D eigenvalue weighted by molar-refractivity contribution is -0.160. The molecule has 0 bridgehead atoms. The highest BCUT2D eigenvalue weighted by Gasteiger charge is 2.32. The third kappa shape index (κ3) is 4.19. The number of halogens is 1. The van der Waals surface area contributed by atoms with E-state index < -0.39 is 17.7 Å². The number of rotatable bonds is 4. The van der Waals surface area contributed by atoms with Crippen LogP contribution in [0.25, 0.3) is 22.0 Å². The summed E-state index contributed by atoms with van der Waals surface area (Å²) in [5.41, 5.74) is 6.15. The Balaban J connectivity index is 2.08. The molecule has 0 aliphatic carbocycles. The zero-order valence-corrected chi connectivity index (χ0v) is 19.9. The van der Waals surface area contributed by atoms with Crippen LogP contribution < -0.4 is 5.32 Å². The van der Waals surface area contributed by atoms with Crippen LogP contribution in [-0.4, -0.2) is 28.2 Å². The first kappa shape index (κ1) is 22.6. The van der Waals surface area contributed by atoms with Crippen LogP contribution in [0.5, 0.6) is 0 Å². The van der Waals surface area contributed by atoms with Crippen molar-refractivity contribution < 1.29 is 14.6 Å². The van der Waals surface area contributed by atoms with Crippen LogP contribution in [0.15, 0.2) is 30.3 Å². The van der Waals surface area contributed by atoms with E-state index in [0.29, 0.717) is 10.6 Å². The van der Waals surface area contributed by atoms with Gasteiger partial charge in [0.05, 0.1) is 21.8 Å². The van der Waals surface area contributed by atoms with E-state index in [2.05, 4.69) is 11.4 Å². The lowest BCUT2D eigenvalue weighted by Gasteiger charge is -2.29. The quantitative estimate of drug-likeness (QED) is 0.474. The molecule has 2 N–H and O–H groups in total. The summed E-state index contributed by atoms with van der Waals surface area (Å²) in [6, 6.07) is 9.96. The standard InChI is InChI=1S/C26H29ClN2O3/c1-14-13-19-17(10-8-15(2)29-19)21(20(14)24(25(30)31)32-26(3,4)5)18-11-9-16-7-6-12-28-23(16)22(18)27/h8-11,13,24,28H,6-7,12H2,1-5H3,(H,30,31)/t24-/m0/s1. The van der Waals surface area contributed by atoms with E-state index in [0.717, 1.165) is 58.4 Å². The molecular weight excluding hydrogens is 424 g/mol. The number of carboxylic acids is 1. The van der Waals surface area contributed by atoms with Crippen molar-refractivity contribution in [3.05, 3.63) is 57.7 Å². The van der Waals surface area contributed by atoms with Gasteiger partial charge in [-0.2, -0.15) is 0 Å². The van der Waals surface area contributed by atoms with Crippen molar-refractivity contribution in [2.75, 3.05) is 11.9 Å². The number of fused-ring (bicyclic) bond motifs is 2. The number of benzene rings is 2. The van der Waals surface area contributed by atoms with E-state index in [1.54, 1.807) is 0 Å². The summed E-state index contributed by atoms with van der Waals surface area (Å²) in [5.74, 6) is -1.03. The molecule has 4 rings (SSSR count). The van der Waals surface area contributed by atoms with Gasteiger partial charge in [-0.05, 0) is 76.3 Å². The summed E-state index contributed by atoms with van der Waals surface area (Å²) >= 11 is 6.96. The number of aromatic nitrogens is 1. The van der Waals surface area contributed by atoms with Crippen molar-refractivity contribution >= 4 is 34.2 Å². The van der Waals surface area contributed by atoms with E-state index in [1.165, 1.54) is 5.56 Å². The highest BCUT2D eigenvalue weighted by atomic mass is 35.5. The predicted octanol–water partition coefficient (Wildman–Crippen LogP) is 6.47. The van der Waals surface area contributed by atoms with E-state index in [4.69, 9.17) is 21.3 Å². The molecule has 0 amide bonds. The second kappa shape index (κ2) is 8.38. The monoisotopic (exact) mass is 452 g/mol. The molecule has 1 atom stereocenters. The minimum Gasteiger partial charge on any atom is -0.479 e. The summed E-state index contributed by atoms with van der Waals surface area (Å²) in [4.78, 5) is 17.1. The predicted molar refractivity (Wildman–Crippen MR) is 130 cm³/mol. The zero-order valence-electron chi connectivity index (χ0n) is 19.2. The van der Waals surface area contributed by atoms with E-state index in [-0.39, 0.29) is 0 Å². The van der Waals surface area contributed by atoms with Crippen LogP contribution in [0.1, 0.15) is 55.7 Å². The first-order valence-electron chi connectivity index (χ1n) is 10.9. The average molecular weight is 453 g/mol. The fourth-order valence-corrected chi connectivity index (χ4v) is 4.78. The molecule has 1 aliphatic heterocycles. The molecule has 0 saturated carbocycles. The Morgan fingerprint density at radius 2 is 1.97 bits per heavy atom. The number of carbonyl (C=O) groups is 1. The van der Waals surface area contributed by atoms with Crippen LogP contribution in [0.2, 0.25) is 5.02 Å². The smallest absolute Gasteiger partial charge is 0.337 e. The lowest BCUT2D eigenvalue weighted by Crippen LogP contribution is -2.28. The number of anilines is 1. The van der Waals surface area contributed by atoms with Crippen molar-refractivity contribution in [1.29, 1.82) is 0 Å². The van der Waals surface area contributed by atoms with Gasteiger partial charge in [0, 0.05) is 28.8 Å². The van der Waals surface area contributed by atoms with Gasteiger partial charge in [-0.3, -0.25) is 4.98 Å². The first-order valence-corrected chi connectivity index (χ1v) is 11.3. The highest BCUT2D eigenvalue weighted by Crippen LogP contribution is 2.45. The van der Waals surface area contributed by atoms with Crippen molar-refractivity contribution in [1.82, 2.24) is 4.98 Å². The number of nitrogens with one attached hydrogen (secondary N) is 1. The molecule has 1 aromatic heterocycles. The van der Waals surface area contributed by atoms with Crippen molar-refractivity contribution in [2.24, 2.45) is 0 Å². The largest absolute Gasteiger partial charge is 0.479 e. The van der Waals surface area contributed by atoms with E-state index >= 15 is 0 Å². The molecule has 1 aliphatic rings. The molecule has 5 nitrogen and oxygen atoms in total. The molecule has 0 unspecified atom stereocenters. The molecule has 6 heteroatoms. The van der Waals surface area contributed by atoms with Crippen LogP contribution in [0.3, 0.4) is 0 Å². The summed E-state index contributed by atoms with van der Waals surface area (Å²) in [7, 11) is 0. The van der Waals surface area contributed by atoms with Gasteiger partial charge in [0.2, 0.25) is 0 Å². The maximum absolute atomic E-state index is 12.4. The van der Waals surface area contributed by atoms with Gasteiger partial charge in [0.15, 0.2) is 6.10 Å². The summed E-state index contributed by atoms with van der Waals surface area (Å²) in [5, 5.41) is 15.1. The summed E-state index contributed by atoms with van der Waals surface area (Å²) in [6.45, 7) is 10.3. The first-order chi connectivity index (χ1) is 15.1. The number of ether oxygens (including phenoxy) is 1. The maximum Gasteiger partial charge on any atom is 0.337 e. The van der Waals surface area contributed by atoms with Crippen LogP contribution in [-0.2, 0) is 16.0 Å².